The molecule has 0 aliphatic carbocycles. The minimum atomic E-state index is -0.347. The number of benzene rings is 2. The van der Waals surface area contributed by atoms with Gasteiger partial charge in [-0.2, -0.15) is 0 Å². The maximum atomic E-state index is 12.5. The number of hydrogen-bond acceptors (Lipinski definition) is 5. The molecule has 1 saturated heterocycles. The molecule has 0 unspecified atom stereocenters. The summed E-state index contributed by atoms with van der Waals surface area (Å²) in [4.78, 5) is 26.1. The number of aryl methyl sites for hydroxylation is 1. The Morgan fingerprint density at radius 1 is 1.09 bits per heavy atom. The molecule has 3 aromatic rings. The minimum Gasteiger partial charge on any atom is -0.493 e. The summed E-state index contributed by atoms with van der Waals surface area (Å²) in [5.41, 5.74) is 1.94. The summed E-state index contributed by atoms with van der Waals surface area (Å²) in [6.45, 7) is 1.26. The second-order valence-corrected chi connectivity index (χ2v) is 8.11. The molecular formula is C25H22N2O4S. The number of rotatable bonds is 8. The second kappa shape index (κ2) is 9.67. The third kappa shape index (κ3) is 4.36. The number of para-hydroxylation sites is 3. The number of aromatic nitrogens is 1. The van der Waals surface area contributed by atoms with Crippen LogP contribution < -0.4 is 9.47 Å². The van der Waals surface area contributed by atoms with E-state index in [1.807, 2.05) is 54.7 Å². The van der Waals surface area contributed by atoms with E-state index < -0.39 is 0 Å². The van der Waals surface area contributed by atoms with Crippen molar-refractivity contribution in [3.05, 3.63) is 65.2 Å². The Morgan fingerprint density at radius 2 is 1.84 bits per heavy atom. The van der Waals surface area contributed by atoms with Crippen molar-refractivity contribution in [1.82, 2.24) is 9.47 Å². The third-order valence-corrected chi connectivity index (χ3v) is 6.01. The van der Waals surface area contributed by atoms with Crippen LogP contribution in [0, 0.1) is 12.3 Å². The molecule has 1 fully saturated rings. The summed E-state index contributed by atoms with van der Waals surface area (Å²) >= 11 is 0.919. The van der Waals surface area contributed by atoms with Crippen molar-refractivity contribution < 1.29 is 19.1 Å². The number of nitrogens with zero attached hydrogens (tertiary/aromatic N) is 2. The monoisotopic (exact) mass is 446 g/mol. The molecule has 0 bridgehead atoms. The van der Waals surface area contributed by atoms with E-state index in [-0.39, 0.29) is 17.7 Å². The number of carbonyl (C=O) groups is 2. The lowest BCUT2D eigenvalue weighted by Crippen LogP contribution is -2.28. The van der Waals surface area contributed by atoms with Gasteiger partial charge in [-0.3, -0.25) is 14.5 Å². The Bertz CT molecular complexity index is 1240. The van der Waals surface area contributed by atoms with Crippen molar-refractivity contribution in [2.45, 2.75) is 13.0 Å². The average Bonchev–Trinajstić information content (AvgIpc) is 3.29. The van der Waals surface area contributed by atoms with Gasteiger partial charge in [-0.15, -0.1) is 6.42 Å². The highest BCUT2D eigenvalue weighted by molar-refractivity contribution is 8.18. The van der Waals surface area contributed by atoms with E-state index in [4.69, 9.17) is 15.9 Å². The number of methoxy groups -OCH3 is 1. The smallest absolute Gasteiger partial charge is 0.294 e. The molecular weight excluding hydrogens is 424 g/mol. The van der Waals surface area contributed by atoms with Crippen LogP contribution in [0.25, 0.3) is 17.0 Å². The van der Waals surface area contributed by atoms with Crippen LogP contribution in [0.2, 0.25) is 0 Å². The molecule has 162 valence electrons. The first-order chi connectivity index (χ1) is 15.6. The second-order valence-electron chi connectivity index (χ2n) is 7.12. The van der Waals surface area contributed by atoms with Crippen molar-refractivity contribution in [2.24, 2.45) is 0 Å². The van der Waals surface area contributed by atoms with E-state index in [2.05, 4.69) is 10.5 Å². The fraction of sp³-hybridized carbons (Fsp3) is 0.200. The highest BCUT2D eigenvalue weighted by Crippen LogP contribution is 2.34. The van der Waals surface area contributed by atoms with Crippen LogP contribution in [0.1, 0.15) is 12.0 Å². The first-order valence-corrected chi connectivity index (χ1v) is 11.0. The Hall–Kier alpha value is -3.63. The maximum Gasteiger partial charge on any atom is 0.294 e. The van der Waals surface area contributed by atoms with Crippen LogP contribution in [-0.2, 0) is 11.3 Å². The van der Waals surface area contributed by atoms with Gasteiger partial charge in [0.25, 0.3) is 11.1 Å². The lowest BCUT2D eigenvalue weighted by molar-refractivity contribution is -0.122. The van der Waals surface area contributed by atoms with E-state index in [1.165, 1.54) is 0 Å². The summed E-state index contributed by atoms with van der Waals surface area (Å²) in [5.74, 6) is 3.44. The first-order valence-electron chi connectivity index (χ1n) is 10.1. The first kappa shape index (κ1) is 21.6. The standard InChI is InChI=1S/C25H22N2O4S/c1-3-13-27-24(28)23(32-25(27)29)16-18-17-26(20-10-5-4-9-19(18)20)14-8-15-31-22-12-7-6-11-21(22)30-2/h1,4-7,9-12,16-17H,8,13-15H2,2H3/b23-16-. The molecule has 1 aliphatic rings. The van der Waals surface area contributed by atoms with Gasteiger partial charge in [-0.05, 0) is 42.5 Å². The van der Waals surface area contributed by atoms with E-state index in [9.17, 15) is 9.59 Å². The van der Waals surface area contributed by atoms with Crippen LogP contribution in [0.5, 0.6) is 11.5 Å². The Balaban J connectivity index is 1.50. The maximum absolute atomic E-state index is 12.5. The predicted octanol–water partition coefficient (Wildman–Crippen LogP) is 4.79. The highest BCUT2D eigenvalue weighted by Gasteiger charge is 2.34. The van der Waals surface area contributed by atoms with Crippen molar-refractivity contribution in [3.63, 3.8) is 0 Å². The van der Waals surface area contributed by atoms with Gasteiger partial charge < -0.3 is 14.0 Å². The fourth-order valence-electron chi connectivity index (χ4n) is 3.60. The Kier molecular flexibility index (Phi) is 6.52. The molecule has 2 aromatic carbocycles. The number of hydrogen-bond donors (Lipinski definition) is 0. The lowest BCUT2D eigenvalue weighted by Gasteiger charge is -2.11. The summed E-state index contributed by atoms with van der Waals surface area (Å²) in [6.07, 6.45) is 9.83. The molecule has 1 aromatic heterocycles. The van der Waals surface area contributed by atoms with Gasteiger partial charge >= 0.3 is 0 Å². The summed E-state index contributed by atoms with van der Waals surface area (Å²) < 4.78 is 13.3. The van der Waals surface area contributed by atoms with Crippen molar-refractivity contribution in [2.75, 3.05) is 20.3 Å². The molecule has 2 amide bonds. The molecule has 0 saturated carbocycles. The van der Waals surface area contributed by atoms with Gasteiger partial charge in [0.05, 0.1) is 25.2 Å². The van der Waals surface area contributed by atoms with Gasteiger partial charge in [-0.25, -0.2) is 0 Å². The quantitative estimate of drug-likeness (QED) is 0.283. The zero-order valence-electron chi connectivity index (χ0n) is 17.6. The molecule has 4 rings (SSSR count). The zero-order chi connectivity index (χ0) is 22.5. The van der Waals surface area contributed by atoms with Crippen LogP contribution in [0.3, 0.4) is 0 Å². The lowest BCUT2D eigenvalue weighted by atomic mass is 10.1. The van der Waals surface area contributed by atoms with E-state index in [1.54, 1.807) is 13.2 Å². The molecule has 1 aliphatic heterocycles. The number of ether oxygens (including phenoxy) is 2. The number of terminal acetylenes is 1. The SMILES string of the molecule is C#CCN1C(=O)S/C(=C\c2cn(CCCOc3ccccc3OC)c3ccccc23)C1=O. The number of fused-ring (bicyclic) bond motifs is 1. The number of imide groups is 1. The average molecular weight is 447 g/mol. The summed E-state index contributed by atoms with van der Waals surface area (Å²) in [6, 6.07) is 15.6. The fourth-order valence-corrected chi connectivity index (χ4v) is 4.43. The normalized spacial score (nSPS) is 14.9. The summed E-state index contributed by atoms with van der Waals surface area (Å²) in [5, 5.41) is 0.679. The minimum absolute atomic E-state index is 0.0179. The number of thioether (sulfide) groups is 1. The van der Waals surface area contributed by atoms with Crippen LogP contribution >= 0.6 is 11.8 Å². The molecule has 0 spiro atoms. The van der Waals surface area contributed by atoms with Crippen molar-refractivity contribution in [3.8, 4) is 23.8 Å². The van der Waals surface area contributed by atoms with E-state index >= 15 is 0 Å². The van der Waals surface area contributed by atoms with E-state index in [0.717, 1.165) is 51.8 Å². The highest BCUT2D eigenvalue weighted by atomic mass is 32.2. The van der Waals surface area contributed by atoms with Crippen LogP contribution in [-0.4, -0.2) is 40.9 Å². The van der Waals surface area contributed by atoms with Gasteiger partial charge in [-0.1, -0.05) is 36.3 Å². The van der Waals surface area contributed by atoms with Crippen LogP contribution in [0.4, 0.5) is 4.79 Å². The van der Waals surface area contributed by atoms with E-state index in [0.29, 0.717) is 17.3 Å². The van der Waals surface area contributed by atoms with Gasteiger partial charge in [0.2, 0.25) is 0 Å². The molecule has 0 atom stereocenters. The van der Waals surface area contributed by atoms with Gasteiger partial charge in [0, 0.05) is 29.2 Å². The number of carbonyl (C=O) groups excluding carboxylic acids is 2. The summed E-state index contributed by atoms with van der Waals surface area (Å²) in [7, 11) is 1.62. The zero-order valence-corrected chi connectivity index (χ0v) is 18.4. The van der Waals surface area contributed by atoms with Crippen LogP contribution in [0.15, 0.2) is 59.6 Å². The number of amides is 2. The van der Waals surface area contributed by atoms with Gasteiger partial charge in [0.1, 0.15) is 0 Å². The molecule has 7 heteroatoms. The predicted molar refractivity (Wildman–Crippen MR) is 127 cm³/mol. The molecule has 6 nitrogen and oxygen atoms in total. The molecule has 0 N–H and O–H groups in total. The molecule has 0 radical (unpaired) electrons. The third-order valence-electron chi connectivity index (χ3n) is 5.10. The molecule has 2 heterocycles. The Morgan fingerprint density at radius 3 is 2.62 bits per heavy atom. The molecule has 32 heavy (non-hydrogen) atoms. The largest absolute Gasteiger partial charge is 0.493 e. The van der Waals surface area contributed by atoms with Crippen molar-refractivity contribution in [1.29, 1.82) is 0 Å². The van der Waals surface area contributed by atoms with Crippen molar-refractivity contribution >= 4 is 39.9 Å². The topological polar surface area (TPSA) is 60.8 Å². The Labute approximate surface area is 190 Å². The van der Waals surface area contributed by atoms with Gasteiger partial charge in [0.15, 0.2) is 11.5 Å².